The molecule has 0 aromatic rings. The van der Waals surface area contributed by atoms with Crippen LogP contribution in [0.15, 0.2) is 0 Å². The van der Waals surface area contributed by atoms with Crippen LogP contribution in [0.2, 0.25) is 17.7 Å². The Morgan fingerprint density at radius 3 is 1.14 bits per heavy atom. The van der Waals surface area contributed by atoms with Crippen molar-refractivity contribution in [3.8, 4) is 0 Å². The molecule has 6 heteroatoms. The average Bonchev–Trinajstić information content (AvgIpc) is 2.52. The minimum atomic E-state index is -2.07. The predicted molar refractivity (Wildman–Crippen MR) is 103 cm³/mol. The number of hydrogen-bond donors (Lipinski definition) is 0. The van der Waals surface area contributed by atoms with Gasteiger partial charge in [-0.2, -0.15) is 0 Å². The second-order valence-corrected chi connectivity index (χ2v) is 24.0. The number of unbranched alkanes of at least 4 members (excludes halogenated alkanes) is 4. The fraction of sp³-hybridized carbons (Fsp3) is 1.00. The molecule has 0 aliphatic carbocycles. The molecule has 0 spiro atoms. The molecule has 0 aromatic heterocycles. The zero-order chi connectivity index (χ0) is 16.6. The van der Waals surface area contributed by atoms with E-state index < -0.39 is 51.7 Å². The molecule has 0 saturated heterocycles. The first kappa shape index (κ1) is 23.7. The van der Waals surface area contributed by atoms with Gasteiger partial charge in [0, 0.05) is 0 Å². The van der Waals surface area contributed by atoms with Gasteiger partial charge in [-0.3, -0.25) is 0 Å². The van der Waals surface area contributed by atoms with Gasteiger partial charge in [0.05, 0.1) is 0 Å². The van der Waals surface area contributed by atoms with Gasteiger partial charge in [-0.1, -0.05) is 0 Å². The molecule has 0 bridgehead atoms. The summed E-state index contributed by atoms with van der Waals surface area (Å²) >= 11 is -5.55. The topological polar surface area (TPSA) is 35.5 Å². The van der Waals surface area contributed by atoms with Gasteiger partial charge in [-0.15, -0.1) is 0 Å². The van der Waals surface area contributed by atoms with Crippen LogP contribution in [0.25, 0.3) is 0 Å². The molecule has 0 aromatic carbocycles. The summed E-state index contributed by atoms with van der Waals surface area (Å²) in [5.74, 6) is 0. The molecule has 3 nitrogen and oxygen atoms in total. The Labute approximate surface area is 156 Å². The van der Waals surface area contributed by atoms with E-state index in [0.29, 0.717) is 0 Å². The van der Waals surface area contributed by atoms with Crippen molar-refractivity contribution in [1.29, 1.82) is 0 Å². The Morgan fingerprint density at radius 1 is 0.636 bits per heavy atom. The molecule has 22 heavy (non-hydrogen) atoms. The van der Waals surface area contributed by atoms with Crippen molar-refractivity contribution in [2.24, 2.45) is 0 Å². The minimum absolute atomic E-state index is 1.21. The monoisotopic (exact) mass is 550 g/mol. The molecule has 134 valence electrons. The van der Waals surface area contributed by atoms with Gasteiger partial charge < -0.3 is 0 Å². The molecule has 0 atom stereocenters. The van der Waals surface area contributed by atoms with Crippen LogP contribution in [0.1, 0.15) is 79.1 Å². The maximum absolute atomic E-state index is 12.3. The summed E-state index contributed by atoms with van der Waals surface area (Å²) in [6.45, 7) is 8.88. The molecule has 0 rings (SSSR count). The Bertz CT molecular complexity index is 228. The fourth-order valence-corrected chi connectivity index (χ4v) is 24.9. The van der Waals surface area contributed by atoms with Crippen molar-refractivity contribution in [3.05, 3.63) is 0 Å². The summed E-state index contributed by atoms with van der Waals surface area (Å²) in [6.07, 6.45) is 9.80. The second kappa shape index (κ2) is 17.5. The molecule has 0 radical (unpaired) electrons. The summed E-state index contributed by atoms with van der Waals surface area (Å²) < 4.78 is 29.1. The van der Waals surface area contributed by atoms with E-state index in [2.05, 4.69) is 27.7 Å². The molecule has 0 unspecified atom stereocenters. The summed E-state index contributed by atoms with van der Waals surface area (Å²) in [5.41, 5.74) is 0. The van der Waals surface area contributed by atoms with Crippen molar-refractivity contribution in [1.82, 2.24) is 0 Å². The van der Waals surface area contributed by atoms with Crippen molar-refractivity contribution in [3.63, 3.8) is 0 Å². The first-order valence-corrected chi connectivity index (χ1v) is 22.4. The quantitative estimate of drug-likeness (QED) is 0.248. The standard InChI is InChI=1S/4C4H9.H2O3S.2Sn.2H/c4*1-3-4-2;1-4(2)3;;;;/h4*1,3-4H2,2H3;(H2,1,2,3);;;;/q;;;;;2*+1;;/p-2. The average molecular weight is 548 g/mol. The fourth-order valence-electron chi connectivity index (χ4n) is 2.45. The van der Waals surface area contributed by atoms with Crippen molar-refractivity contribution >= 4 is 51.7 Å². The van der Waals surface area contributed by atoms with Gasteiger partial charge in [0.25, 0.3) is 0 Å². The van der Waals surface area contributed by atoms with Crippen LogP contribution in [-0.4, -0.2) is 44.6 Å². The van der Waals surface area contributed by atoms with Gasteiger partial charge in [0.15, 0.2) is 0 Å². The van der Waals surface area contributed by atoms with E-state index in [0.717, 1.165) is 0 Å². The van der Waals surface area contributed by atoms with E-state index in [9.17, 15) is 4.21 Å². The molecule has 0 heterocycles. The summed E-state index contributed by atoms with van der Waals surface area (Å²) in [7, 11) is 0. The van der Waals surface area contributed by atoms with Crippen molar-refractivity contribution in [2.75, 3.05) is 0 Å². The van der Waals surface area contributed by atoms with Crippen LogP contribution in [-0.2, 0) is 16.4 Å². The molecule has 0 saturated carbocycles. The van der Waals surface area contributed by atoms with Gasteiger partial charge >= 0.3 is 158 Å². The van der Waals surface area contributed by atoms with Crippen molar-refractivity contribution < 1.29 is 9.25 Å². The Kier molecular flexibility index (Phi) is 18.8. The third-order valence-corrected chi connectivity index (χ3v) is 24.2. The zero-order valence-corrected chi connectivity index (χ0v) is 22.7. The summed E-state index contributed by atoms with van der Waals surface area (Å²) in [5, 5.41) is 0. The second-order valence-electron chi connectivity index (χ2n) is 6.21. The van der Waals surface area contributed by atoms with E-state index in [1.807, 2.05) is 0 Å². The summed E-state index contributed by atoms with van der Waals surface area (Å²) in [4.78, 5) is 0. The predicted octanol–water partition coefficient (Wildman–Crippen LogP) is 5.25. The first-order valence-electron chi connectivity index (χ1n) is 9.43. The van der Waals surface area contributed by atoms with Crippen LogP contribution in [0.3, 0.4) is 0 Å². The molecule has 0 aliphatic heterocycles. The SMILES string of the molecule is CCC[CH2][SnH]([CH2]CCC)[O]S(=O)[O][SnH]([CH2]CCC)[CH2]CCC. The Balaban J connectivity index is 4.27. The molecular formula is C16H38O3SSn2. The van der Waals surface area contributed by atoms with Crippen molar-refractivity contribution in [2.45, 2.75) is 96.8 Å². The summed E-state index contributed by atoms with van der Waals surface area (Å²) in [6, 6.07) is 0. The Morgan fingerprint density at radius 2 is 0.909 bits per heavy atom. The van der Waals surface area contributed by atoms with Crippen LogP contribution >= 0.6 is 0 Å². The number of hydrogen-bond acceptors (Lipinski definition) is 3. The third kappa shape index (κ3) is 14.0. The Hall–Kier alpha value is 1.67. The van der Waals surface area contributed by atoms with E-state index in [1.165, 1.54) is 69.1 Å². The van der Waals surface area contributed by atoms with Crippen LogP contribution in [0.5, 0.6) is 0 Å². The maximum atomic E-state index is 12.3. The van der Waals surface area contributed by atoms with E-state index >= 15 is 0 Å². The molecular weight excluding hydrogens is 510 g/mol. The molecule has 0 aliphatic rings. The molecule has 0 amide bonds. The van der Waals surface area contributed by atoms with Gasteiger partial charge in [0.1, 0.15) is 0 Å². The van der Waals surface area contributed by atoms with Crippen LogP contribution < -0.4 is 0 Å². The third-order valence-electron chi connectivity index (χ3n) is 3.95. The van der Waals surface area contributed by atoms with E-state index in [1.54, 1.807) is 0 Å². The normalized spacial score (nSPS) is 12.0. The zero-order valence-electron chi connectivity index (χ0n) is 15.3. The van der Waals surface area contributed by atoms with Gasteiger partial charge in [0.2, 0.25) is 0 Å². The molecule has 0 fully saturated rings. The number of rotatable bonds is 16. The van der Waals surface area contributed by atoms with Crippen LogP contribution in [0.4, 0.5) is 0 Å². The van der Waals surface area contributed by atoms with E-state index in [4.69, 9.17) is 5.04 Å². The van der Waals surface area contributed by atoms with Crippen LogP contribution in [0, 0.1) is 0 Å². The van der Waals surface area contributed by atoms with E-state index in [-0.39, 0.29) is 0 Å². The van der Waals surface area contributed by atoms with Gasteiger partial charge in [-0.05, 0) is 0 Å². The first-order chi connectivity index (χ1) is 10.7. The molecule has 0 N–H and O–H groups in total. The van der Waals surface area contributed by atoms with Gasteiger partial charge in [-0.25, -0.2) is 0 Å².